The van der Waals surface area contributed by atoms with Gasteiger partial charge in [0.05, 0.1) is 17.6 Å². The van der Waals surface area contributed by atoms with Gasteiger partial charge in [-0.1, -0.05) is 52.0 Å². The molecule has 1 N–H and O–H groups in total. The number of aryl methyl sites for hydroxylation is 2. The number of amides is 1. The van der Waals surface area contributed by atoms with Gasteiger partial charge in [-0.3, -0.25) is 4.79 Å². The number of hydrogen-bond acceptors (Lipinski definition) is 3. The maximum absolute atomic E-state index is 11.5. The van der Waals surface area contributed by atoms with Gasteiger partial charge in [0.2, 0.25) is 5.91 Å². The maximum atomic E-state index is 11.5. The monoisotopic (exact) mass is 435 g/mol. The molecular formula is C27H37N3O2. The molecule has 0 fully saturated rings. The Kier molecular flexibility index (Phi) is 8.32. The van der Waals surface area contributed by atoms with Crippen molar-refractivity contribution in [3.05, 3.63) is 59.9 Å². The minimum atomic E-state index is 0.103. The van der Waals surface area contributed by atoms with Crippen LogP contribution in [-0.2, 0) is 23.2 Å². The van der Waals surface area contributed by atoms with Gasteiger partial charge in [0.15, 0.2) is 0 Å². The van der Waals surface area contributed by atoms with Crippen molar-refractivity contribution in [2.45, 2.75) is 71.8 Å². The number of carbonyl (C=O) groups is 1. The summed E-state index contributed by atoms with van der Waals surface area (Å²) in [5.74, 6) is 2.13. The Morgan fingerprint density at radius 2 is 1.78 bits per heavy atom. The third kappa shape index (κ3) is 6.59. The van der Waals surface area contributed by atoms with Crippen molar-refractivity contribution in [2.24, 2.45) is 0 Å². The zero-order valence-corrected chi connectivity index (χ0v) is 20.0. The minimum absolute atomic E-state index is 0.103. The van der Waals surface area contributed by atoms with Gasteiger partial charge in [0.1, 0.15) is 11.6 Å². The van der Waals surface area contributed by atoms with Crippen molar-refractivity contribution < 1.29 is 9.53 Å². The largest absolute Gasteiger partial charge is 0.494 e. The maximum Gasteiger partial charge on any atom is 0.219 e. The van der Waals surface area contributed by atoms with Crippen LogP contribution in [0, 0.1) is 0 Å². The molecule has 172 valence electrons. The fraction of sp³-hybridized carbons (Fsp3) is 0.481. The SMILES string of the molecule is CCC(=O)NCCCc1nc2ccccc2n1CCCCOc1ccc(C(C)(C)C)cc1. The molecule has 0 bridgehead atoms. The molecule has 2 aromatic carbocycles. The summed E-state index contributed by atoms with van der Waals surface area (Å²) in [6, 6.07) is 16.7. The van der Waals surface area contributed by atoms with E-state index >= 15 is 0 Å². The highest BCUT2D eigenvalue weighted by Crippen LogP contribution is 2.24. The molecule has 0 aliphatic heterocycles. The standard InChI is InChI=1S/C27H37N3O2/c1-5-26(31)28-18-10-13-25-29-23-11-6-7-12-24(23)30(25)19-8-9-20-32-22-16-14-21(15-17-22)27(2,3)4/h6-7,11-12,14-17H,5,8-10,13,18-20H2,1-4H3,(H,28,31). The van der Waals surface area contributed by atoms with Crippen molar-refractivity contribution in [1.82, 2.24) is 14.9 Å². The Morgan fingerprint density at radius 1 is 1.03 bits per heavy atom. The Hall–Kier alpha value is -2.82. The second kappa shape index (κ2) is 11.2. The molecule has 0 aliphatic carbocycles. The zero-order valence-electron chi connectivity index (χ0n) is 20.0. The van der Waals surface area contributed by atoms with E-state index in [1.807, 2.05) is 13.0 Å². The average Bonchev–Trinajstić information content (AvgIpc) is 3.13. The molecule has 0 spiro atoms. The lowest BCUT2D eigenvalue weighted by atomic mass is 9.87. The number of ether oxygens (including phenoxy) is 1. The zero-order chi connectivity index (χ0) is 23.0. The number of carbonyl (C=O) groups excluding carboxylic acids is 1. The Balaban J connectivity index is 1.51. The lowest BCUT2D eigenvalue weighted by Gasteiger charge is -2.19. The highest BCUT2D eigenvalue weighted by molar-refractivity contribution is 5.76. The van der Waals surface area contributed by atoms with E-state index < -0.39 is 0 Å². The molecule has 5 nitrogen and oxygen atoms in total. The van der Waals surface area contributed by atoms with Crippen molar-refractivity contribution in [3.8, 4) is 5.75 Å². The first-order chi connectivity index (χ1) is 15.4. The van der Waals surface area contributed by atoms with Gasteiger partial charge < -0.3 is 14.6 Å². The van der Waals surface area contributed by atoms with Gasteiger partial charge in [-0.05, 0) is 54.5 Å². The Morgan fingerprint density at radius 3 is 2.50 bits per heavy atom. The molecule has 5 heteroatoms. The van der Waals surface area contributed by atoms with Crippen LogP contribution in [0.2, 0.25) is 0 Å². The highest BCUT2D eigenvalue weighted by atomic mass is 16.5. The number of nitrogens with zero attached hydrogens (tertiary/aromatic N) is 2. The van der Waals surface area contributed by atoms with E-state index in [2.05, 4.69) is 73.1 Å². The number of rotatable bonds is 11. The molecule has 32 heavy (non-hydrogen) atoms. The summed E-state index contributed by atoms with van der Waals surface area (Å²) in [5.41, 5.74) is 3.69. The number of fused-ring (bicyclic) bond motifs is 1. The second-order valence-corrected chi connectivity index (χ2v) is 9.31. The number of aromatic nitrogens is 2. The smallest absolute Gasteiger partial charge is 0.219 e. The summed E-state index contributed by atoms with van der Waals surface area (Å²) < 4.78 is 8.29. The van der Waals surface area contributed by atoms with Gasteiger partial charge in [0, 0.05) is 25.9 Å². The first-order valence-electron chi connectivity index (χ1n) is 11.8. The first kappa shape index (κ1) is 23.8. The van der Waals surface area contributed by atoms with Crippen LogP contribution in [0.15, 0.2) is 48.5 Å². The molecule has 1 amide bonds. The third-order valence-electron chi connectivity index (χ3n) is 5.72. The summed E-state index contributed by atoms with van der Waals surface area (Å²) in [6.45, 7) is 10.9. The molecule has 3 rings (SSSR count). The number of para-hydroxylation sites is 2. The van der Waals surface area contributed by atoms with Gasteiger partial charge in [0.25, 0.3) is 0 Å². The fourth-order valence-electron chi connectivity index (χ4n) is 3.78. The van der Waals surface area contributed by atoms with Gasteiger partial charge in [-0.25, -0.2) is 4.98 Å². The fourth-order valence-corrected chi connectivity index (χ4v) is 3.78. The predicted molar refractivity (Wildman–Crippen MR) is 131 cm³/mol. The van der Waals surface area contributed by atoms with Crippen LogP contribution >= 0.6 is 0 Å². The van der Waals surface area contributed by atoms with E-state index in [0.717, 1.165) is 49.3 Å². The van der Waals surface area contributed by atoms with Crippen molar-refractivity contribution >= 4 is 16.9 Å². The van der Waals surface area contributed by atoms with Crippen LogP contribution in [0.4, 0.5) is 0 Å². The summed E-state index contributed by atoms with van der Waals surface area (Å²) >= 11 is 0. The van der Waals surface area contributed by atoms with E-state index in [9.17, 15) is 4.79 Å². The minimum Gasteiger partial charge on any atom is -0.494 e. The summed E-state index contributed by atoms with van der Waals surface area (Å²) in [5, 5.41) is 2.95. The third-order valence-corrected chi connectivity index (χ3v) is 5.72. The molecule has 0 radical (unpaired) electrons. The molecule has 0 aliphatic rings. The van der Waals surface area contributed by atoms with Crippen molar-refractivity contribution in [2.75, 3.05) is 13.2 Å². The molecule has 0 saturated heterocycles. The second-order valence-electron chi connectivity index (χ2n) is 9.31. The number of benzene rings is 2. The van der Waals surface area contributed by atoms with E-state index in [0.29, 0.717) is 19.6 Å². The van der Waals surface area contributed by atoms with E-state index in [4.69, 9.17) is 9.72 Å². The molecule has 1 heterocycles. The van der Waals surface area contributed by atoms with Gasteiger partial charge in [-0.2, -0.15) is 0 Å². The van der Waals surface area contributed by atoms with Crippen molar-refractivity contribution in [1.29, 1.82) is 0 Å². The van der Waals surface area contributed by atoms with Crippen molar-refractivity contribution in [3.63, 3.8) is 0 Å². The molecule has 0 atom stereocenters. The van der Waals surface area contributed by atoms with Gasteiger partial charge >= 0.3 is 0 Å². The number of nitrogens with one attached hydrogen (secondary N) is 1. The van der Waals surface area contributed by atoms with Crippen LogP contribution in [0.25, 0.3) is 11.0 Å². The Bertz CT molecular complexity index is 1000. The summed E-state index contributed by atoms with van der Waals surface area (Å²) in [4.78, 5) is 16.3. The normalized spacial score (nSPS) is 11.6. The van der Waals surface area contributed by atoms with Crippen LogP contribution < -0.4 is 10.1 Å². The number of imidazole rings is 1. The molecule has 0 saturated carbocycles. The number of hydrogen-bond donors (Lipinski definition) is 1. The first-order valence-corrected chi connectivity index (χ1v) is 11.8. The van der Waals surface area contributed by atoms with Crippen LogP contribution in [0.3, 0.4) is 0 Å². The molecular weight excluding hydrogens is 398 g/mol. The van der Waals surface area contributed by atoms with Crippen LogP contribution in [0.1, 0.15) is 64.8 Å². The van der Waals surface area contributed by atoms with E-state index in [-0.39, 0.29) is 11.3 Å². The summed E-state index contributed by atoms with van der Waals surface area (Å²) in [7, 11) is 0. The van der Waals surface area contributed by atoms with E-state index in [1.165, 1.54) is 11.1 Å². The lowest BCUT2D eigenvalue weighted by Crippen LogP contribution is -2.23. The number of unbranched alkanes of at least 4 members (excludes halogenated alkanes) is 1. The quantitative estimate of drug-likeness (QED) is 0.396. The average molecular weight is 436 g/mol. The van der Waals surface area contributed by atoms with Crippen LogP contribution in [0.5, 0.6) is 5.75 Å². The molecule has 0 unspecified atom stereocenters. The molecule has 1 aromatic heterocycles. The molecule has 3 aromatic rings. The highest BCUT2D eigenvalue weighted by Gasteiger charge is 2.13. The van der Waals surface area contributed by atoms with E-state index in [1.54, 1.807) is 0 Å². The van der Waals surface area contributed by atoms with Crippen LogP contribution in [-0.4, -0.2) is 28.6 Å². The predicted octanol–water partition coefficient (Wildman–Crippen LogP) is 5.65. The summed E-state index contributed by atoms with van der Waals surface area (Å²) in [6.07, 6.45) is 4.29. The topological polar surface area (TPSA) is 56.2 Å². The van der Waals surface area contributed by atoms with Gasteiger partial charge in [-0.15, -0.1) is 0 Å². The Labute approximate surface area is 192 Å². The lowest BCUT2D eigenvalue weighted by molar-refractivity contribution is -0.120.